The van der Waals surface area contributed by atoms with E-state index in [0.717, 1.165) is 173 Å². The van der Waals surface area contributed by atoms with Crippen LogP contribution < -0.4 is 63.4 Å². The quantitative estimate of drug-likeness (QED) is 0.0182. The van der Waals surface area contributed by atoms with Crippen LogP contribution >= 0.6 is 0 Å². The minimum absolute atomic E-state index is 0. The second-order valence-electron chi connectivity index (χ2n) is 39.5. The van der Waals surface area contributed by atoms with E-state index in [0.29, 0.717) is 65.0 Å². The highest BCUT2D eigenvalue weighted by Gasteiger charge is 2.23. The van der Waals surface area contributed by atoms with Crippen molar-refractivity contribution in [2.24, 2.45) is 0 Å². The second-order valence-corrected chi connectivity index (χ2v) is 39.5. The first-order chi connectivity index (χ1) is 59.5. The molecule has 24 heteroatoms. The first kappa shape index (κ1) is 136. The Morgan fingerprint density at radius 1 is 0.195 bits per heavy atom. The van der Waals surface area contributed by atoms with E-state index in [9.17, 15) is 38.4 Å². The summed E-state index contributed by atoms with van der Waals surface area (Å²) in [6.45, 7) is 20.1. The molecule has 0 aromatic carbocycles. The maximum absolute atomic E-state index is 12.9. The number of halogens is 4. The van der Waals surface area contributed by atoms with Crippen molar-refractivity contribution in [3.8, 4) is 0 Å². The molecular weight excluding hydrogens is 1840 g/mol. The molecule has 20 nitrogen and oxygen atoms in total. The summed E-state index contributed by atoms with van der Waals surface area (Å²) in [5.41, 5.74) is 0. The smallest absolute Gasteiger partial charge is 0.308 e. The van der Waals surface area contributed by atoms with E-state index in [-0.39, 0.29) is 111 Å². The van der Waals surface area contributed by atoms with Gasteiger partial charge >= 0.3 is 47.8 Å². The molecular formula is C104H204Br3ClN4O16. The van der Waals surface area contributed by atoms with Crippen LogP contribution in [0, 0.1) is 0 Å². The Hall–Kier alpha value is -2.67. The van der Waals surface area contributed by atoms with Crippen LogP contribution in [0.3, 0.4) is 0 Å². The Kier molecular flexibility index (Phi) is 104. The van der Waals surface area contributed by atoms with Crippen LogP contribution in [0.1, 0.15) is 478 Å². The van der Waals surface area contributed by atoms with Gasteiger partial charge in [0.2, 0.25) is 12.6 Å². The zero-order chi connectivity index (χ0) is 92.0. The zero-order valence-corrected chi connectivity index (χ0v) is 91.1. The molecule has 0 unspecified atom stereocenters. The first-order valence-electron chi connectivity index (χ1n) is 52.1. The Morgan fingerprint density at radius 3 is 0.477 bits per heavy atom. The summed E-state index contributed by atoms with van der Waals surface area (Å²) in [7, 11) is 17.6. The van der Waals surface area contributed by atoms with Crippen molar-refractivity contribution in [1.29, 1.82) is 0 Å². The van der Waals surface area contributed by atoms with E-state index in [1.165, 1.54) is 323 Å². The molecule has 0 aliphatic carbocycles. The Morgan fingerprint density at radius 2 is 0.328 bits per heavy atom. The molecule has 128 heavy (non-hydrogen) atoms. The number of carbonyl (C=O) groups is 8. The van der Waals surface area contributed by atoms with Gasteiger partial charge in [0, 0.05) is 66.2 Å². The summed E-state index contributed by atoms with van der Waals surface area (Å²) in [6.07, 6.45) is 75.5. The van der Waals surface area contributed by atoms with Gasteiger partial charge in [-0.05, 0) is 89.9 Å². The lowest BCUT2D eigenvalue weighted by atomic mass is 10.0. The van der Waals surface area contributed by atoms with Crippen LogP contribution in [0.2, 0.25) is 0 Å². The molecule has 0 rings (SSSR count). The van der Waals surface area contributed by atoms with Gasteiger partial charge in [-0.3, -0.25) is 38.4 Å². The second kappa shape index (κ2) is 97.4. The maximum Gasteiger partial charge on any atom is 0.308 e. The van der Waals surface area contributed by atoms with Crippen molar-refractivity contribution in [3.63, 3.8) is 0 Å². The third-order valence-electron chi connectivity index (χ3n) is 24.7. The molecule has 0 aliphatic rings. The average Bonchev–Trinajstić information content (AvgIpc) is 0.974. The van der Waals surface area contributed by atoms with Gasteiger partial charge in [0.15, 0.2) is 0 Å². The molecule has 0 radical (unpaired) electrons. The fourth-order valence-electron chi connectivity index (χ4n) is 16.1. The fraction of sp³-hybridized carbons (Fsp3) is 0.923. The summed E-state index contributed by atoms with van der Waals surface area (Å²) in [6, 6.07) is 0. The van der Waals surface area contributed by atoms with Gasteiger partial charge in [0.25, 0.3) is 0 Å². The van der Waals surface area contributed by atoms with Gasteiger partial charge in [-0.2, -0.15) is 0 Å². The topological polar surface area (TPSA) is 210 Å². The van der Waals surface area contributed by atoms with Crippen LogP contribution in [-0.4, -0.2) is 213 Å². The zero-order valence-electron chi connectivity index (χ0n) is 85.6. The predicted molar refractivity (Wildman–Crippen MR) is 511 cm³/mol. The number of hydrogen-bond donors (Lipinski definition) is 0. The first-order valence-corrected chi connectivity index (χ1v) is 52.1. The summed E-state index contributed by atoms with van der Waals surface area (Å²) in [4.78, 5) is 95.5. The summed E-state index contributed by atoms with van der Waals surface area (Å²) >= 11 is 0. The number of nitrogens with zero attached hydrogens (tertiary/aromatic N) is 4. The Labute approximate surface area is 825 Å². The van der Waals surface area contributed by atoms with Gasteiger partial charge in [-0.25, -0.2) is 0 Å². The summed E-state index contributed by atoms with van der Waals surface area (Å²) < 4.78 is 47.1. The number of unbranched alkanes of at least 4 members (excludes halogenated alkanes) is 56. The number of rotatable bonds is 92. The highest BCUT2D eigenvalue weighted by Crippen LogP contribution is 2.23. The van der Waals surface area contributed by atoms with Crippen LogP contribution in [-0.2, 0) is 76.3 Å². The number of carbonyl (C=O) groups excluding carboxylic acids is 8. The van der Waals surface area contributed by atoms with E-state index in [1.54, 1.807) is 0 Å². The molecule has 0 spiro atoms. The number of quaternary nitrogens is 4. The van der Waals surface area contributed by atoms with Gasteiger partial charge in [0.1, 0.15) is 52.6 Å². The summed E-state index contributed by atoms with van der Waals surface area (Å²) in [5.74, 6) is -1.80. The van der Waals surface area contributed by atoms with Gasteiger partial charge in [-0.15, -0.1) is 0 Å². The van der Waals surface area contributed by atoms with Crippen molar-refractivity contribution in [2.75, 3.05) is 135 Å². The van der Waals surface area contributed by atoms with Crippen LogP contribution in [0.25, 0.3) is 0 Å². The monoisotopic (exact) mass is 2040 g/mol. The average molecular weight is 2040 g/mol. The number of likely N-dealkylation sites (N-methyl/N-ethyl adjacent to an activating group) is 4. The standard InChI is InChI=1S/2C52H102N2O8.3BrH.ClH/c2*1-8-9-10-11-12-13-14-15-16-21-26-31-36-41-52(61-50(57)39-34-29-24-19-17-22-27-32-37-42-53(4,5)44-46-59-48(2)55)62-51(58)40-35-30-25-20-18-23-28-33-38-43-54(6,7)45-47-60-49(3)56;;;;/h2*52H,8-47H2,1-7H3;4*1H/q2*+2;;;;/p-4. The fourth-order valence-corrected chi connectivity index (χ4v) is 16.1. The van der Waals surface area contributed by atoms with E-state index >= 15 is 0 Å². The molecule has 0 bridgehead atoms. The SMILES string of the molecule is CCCCCCCCCCCCCCCC(OC(=O)CCCCCCCCCCC[N+](C)(C)CCOC(C)=O)OC(=O)CCCCCCCCCCC[N+](C)(C)CCOC(C)=O.CCCCCCCCCCCCCCCC(OC(=O)CCCCCCCCCCC[N+](C)(C)CCOC(C)=O)OC(=O)CCCCCCCCCCC[N+](C)(C)CCOC(C)=O.[Br-].[Br-].[Br-].[Cl-]. The lowest BCUT2D eigenvalue weighted by molar-refractivity contribution is -0.890. The van der Waals surface area contributed by atoms with Gasteiger partial charge in [-0.1, -0.05) is 322 Å². The molecule has 0 fully saturated rings. The highest BCUT2D eigenvalue weighted by molar-refractivity contribution is 5.72. The normalized spacial score (nSPS) is 11.5. The molecule has 0 N–H and O–H groups in total. The highest BCUT2D eigenvalue weighted by atomic mass is 79.9. The molecule has 0 amide bonds. The molecule has 0 aromatic rings. The molecule has 0 heterocycles. The van der Waals surface area contributed by atoms with Crippen LogP contribution in [0.4, 0.5) is 0 Å². The predicted octanol–water partition coefficient (Wildman–Crippen LogP) is 13.9. The lowest BCUT2D eigenvalue weighted by Crippen LogP contribution is -3.00. The van der Waals surface area contributed by atoms with Crippen molar-refractivity contribution in [1.82, 2.24) is 0 Å². The van der Waals surface area contributed by atoms with E-state index in [2.05, 4.69) is 70.2 Å². The van der Waals surface area contributed by atoms with Crippen LogP contribution in [0.5, 0.6) is 0 Å². The molecule has 0 saturated heterocycles. The number of hydrogen-bond acceptors (Lipinski definition) is 16. The lowest BCUT2D eigenvalue weighted by Gasteiger charge is -2.29. The minimum atomic E-state index is -0.765. The van der Waals surface area contributed by atoms with Gasteiger partial charge < -0.3 is 119 Å². The molecule has 0 atom stereocenters. The van der Waals surface area contributed by atoms with Crippen molar-refractivity contribution in [2.45, 2.75) is 491 Å². The van der Waals surface area contributed by atoms with Gasteiger partial charge in [0.05, 0.1) is 82.6 Å². The molecule has 764 valence electrons. The van der Waals surface area contributed by atoms with Crippen molar-refractivity contribution < 1.29 is 158 Å². The molecule has 0 aromatic heterocycles. The van der Waals surface area contributed by atoms with Crippen LogP contribution in [0.15, 0.2) is 0 Å². The molecule has 0 saturated carbocycles. The van der Waals surface area contributed by atoms with E-state index in [4.69, 9.17) is 37.9 Å². The Bertz CT molecular complexity index is 2220. The third-order valence-corrected chi connectivity index (χ3v) is 24.7. The summed E-state index contributed by atoms with van der Waals surface area (Å²) in [5, 5.41) is 0. The number of esters is 8. The molecule has 0 aliphatic heterocycles. The van der Waals surface area contributed by atoms with E-state index in [1.807, 2.05) is 0 Å². The van der Waals surface area contributed by atoms with E-state index < -0.39 is 12.6 Å². The van der Waals surface area contributed by atoms with Crippen molar-refractivity contribution >= 4 is 47.8 Å². The number of ether oxygens (including phenoxy) is 8. The Balaban J connectivity index is -0.000000564. The third kappa shape index (κ3) is 107. The largest absolute Gasteiger partial charge is 1.00 e. The maximum atomic E-state index is 12.9. The van der Waals surface area contributed by atoms with Crippen molar-refractivity contribution in [3.05, 3.63) is 0 Å². The minimum Gasteiger partial charge on any atom is -1.00 e.